The van der Waals surface area contributed by atoms with Crippen LogP contribution in [0.4, 0.5) is 5.82 Å². The van der Waals surface area contributed by atoms with Crippen molar-refractivity contribution in [1.82, 2.24) is 14.6 Å². The van der Waals surface area contributed by atoms with Crippen molar-refractivity contribution in [2.24, 2.45) is 0 Å². The maximum atomic E-state index is 12.3. The summed E-state index contributed by atoms with van der Waals surface area (Å²) in [5.41, 5.74) is 8.50. The number of aliphatic hydroxyl groups is 1. The van der Waals surface area contributed by atoms with E-state index >= 15 is 0 Å². The number of rotatable bonds is 25. The summed E-state index contributed by atoms with van der Waals surface area (Å²) >= 11 is 0. The SMILES string of the molecule is C#N.CCCCCCCCCCCCCCCCCCCCOP(=O)(O)OCC1CCC(c2ccc3c(N)ncnn23)O1.OCc1ccccc1. The van der Waals surface area contributed by atoms with Gasteiger partial charge in [0, 0.05) is 6.57 Å². The van der Waals surface area contributed by atoms with Gasteiger partial charge < -0.3 is 20.5 Å². The molecule has 2 aromatic heterocycles. The molecule has 0 bridgehead atoms. The normalized spacial score (nSPS) is 16.6. The van der Waals surface area contributed by atoms with Crippen LogP contribution in [0, 0.1) is 11.8 Å². The highest BCUT2D eigenvalue weighted by Gasteiger charge is 2.31. The zero-order valence-electron chi connectivity index (χ0n) is 31.0. The number of benzene rings is 1. The summed E-state index contributed by atoms with van der Waals surface area (Å²) in [5.74, 6) is 0.414. The van der Waals surface area contributed by atoms with Crippen molar-refractivity contribution in [3.63, 3.8) is 0 Å². The molecule has 0 aliphatic carbocycles. The first-order valence-electron chi connectivity index (χ1n) is 19.2. The van der Waals surface area contributed by atoms with Crippen molar-refractivity contribution in [3.8, 4) is 6.57 Å². The van der Waals surface area contributed by atoms with Crippen LogP contribution >= 0.6 is 7.82 Å². The minimum Gasteiger partial charge on any atom is -0.392 e. The Labute approximate surface area is 306 Å². The molecule has 1 aromatic carbocycles. The summed E-state index contributed by atoms with van der Waals surface area (Å²) in [6, 6.07) is 13.3. The molecule has 0 radical (unpaired) electrons. The van der Waals surface area contributed by atoms with Gasteiger partial charge >= 0.3 is 7.82 Å². The molecule has 1 aliphatic heterocycles. The van der Waals surface area contributed by atoms with E-state index in [0.29, 0.717) is 5.82 Å². The minimum absolute atomic E-state index is 0.0177. The Balaban J connectivity index is 0.000000781. The lowest BCUT2D eigenvalue weighted by Crippen LogP contribution is -2.15. The zero-order chi connectivity index (χ0) is 37.0. The first kappa shape index (κ1) is 44.3. The van der Waals surface area contributed by atoms with E-state index in [1.54, 1.807) is 4.52 Å². The highest BCUT2D eigenvalue weighted by molar-refractivity contribution is 7.47. The average Bonchev–Trinajstić information content (AvgIpc) is 3.81. The number of fused-ring (bicyclic) bond motifs is 1. The van der Waals surface area contributed by atoms with Crippen molar-refractivity contribution >= 4 is 19.2 Å². The van der Waals surface area contributed by atoms with Gasteiger partial charge in [-0.15, -0.1) is 0 Å². The van der Waals surface area contributed by atoms with Crippen LogP contribution in [0.3, 0.4) is 0 Å². The summed E-state index contributed by atoms with van der Waals surface area (Å²) in [5, 5.41) is 19.3. The molecule has 12 heteroatoms. The van der Waals surface area contributed by atoms with E-state index < -0.39 is 7.82 Å². The number of unbranched alkanes of at least 4 members (excludes halogenated alkanes) is 17. The topological polar surface area (TPSA) is 165 Å². The van der Waals surface area contributed by atoms with Crippen molar-refractivity contribution in [1.29, 1.82) is 5.26 Å². The maximum Gasteiger partial charge on any atom is 0.472 e. The molecule has 3 atom stereocenters. The Morgan fingerprint density at radius 3 is 1.92 bits per heavy atom. The van der Waals surface area contributed by atoms with E-state index in [0.717, 1.165) is 48.9 Å². The Kier molecular flexibility index (Phi) is 24.1. The summed E-state index contributed by atoms with van der Waals surface area (Å²) in [7, 11) is -4.09. The smallest absolute Gasteiger partial charge is 0.392 e. The average molecular weight is 730 g/mol. The van der Waals surface area contributed by atoms with Gasteiger partial charge in [0.25, 0.3) is 0 Å². The van der Waals surface area contributed by atoms with Gasteiger partial charge in [-0.25, -0.2) is 19.3 Å². The van der Waals surface area contributed by atoms with Crippen molar-refractivity contribution in [2.45, 2.75) is 154 Å². The second-order valence-electron chi connectivity index (χ2n) is 13.3. The predicted molar refractivity (Wildman–Crippen MR) is 204 cm³/mol. The van der Waals surface area contributed by atoms with Crippen LogP contribution in [0.1, 0.15) is 153 Å². The van der Waals surface area contributed by atoms with Gasteiger partial charge in [0.1, 0.15) is 17.9 Å². The number of hydrogen-bond donors (Lipinski definition) is 3. The van der Waals surface area contributed by atoms with E-state index in [2.05, 4.69) is 23.6 Å². The third kappa shape index (κ3) is 19.0. The van der Waals surface area contributed by atoms with Gasteiger partial charge in [-0.2, -0.15) is 5.10 Å². The summed E-state index contributed by atoms with van der Waals surface area (Å²) < 4.78 is 30.5. The highest BCUT2D eigenvalue weighted by Crippen LogP contribution is 2.45. The molecule has 1 saturated heterocycles. The monoisotopic (exact) mass is 729 g/mol. The molecule has 3 aromatic rings. The molecule has 3 unspecified atom stereocenters. The van der Waals surface area contributed by atoms with E-state index in [1.165, 1.54) is 103 Å². The van der Waals surface area contributed by atoms with Gasteiger partial charge in [-0.1, -0.05) is 146 Å². The predicted octanol–water partition coefficient (Wildman–Crippen LogP) is 10.0. The van der Waals surface area contributed by atoms with Gasteiger partial charge in [-0.3, -0.25) is 9.05 Å². The van der Waals surface area contributed by atoms with Gasteiger partial charge in [0.15, 0.2) is 5.82 Å². The Morgan fingerprint density at radius 2 is 1.39 bits per heavy atom. The van der Waals surface area contributed by atoms with Gasteiger partial charge in [0.05, 0.1) is 31.6 Å². The number of aliphatic hydroxyl groups excluding tert-OH is 1. The third-order valence-corrected chi connectivity index (χ3v) is 10.1. The van der Waals surface area contributed by atoms with E-state index in [-0.39, 0.29) is 32.0 Å². The second kappa shape index (κ2) is 27.8. The van der Waals surface area contributed by atoms with Crippen LogP contribution in [0.2, 0.25) is 0 Å². The van der Waals surface area contributed by atoms with Crippen molar-refractivity contribution in [2.75, 3.05) is 18.9 Å². The molecule has 0 saturated carbocycles. The fourth-order valence-electron chi connectivity index (χ4n) is 6.24. The number of nitrogens with two attached hydrogens (primary N) is 1. The fraction of sp³-hybridized carbons (Fsp3) is 0.667. The molecule has 0 spiro atoms. The van der Waals surface area contributed by atoms with Crippen LogP contribution in [0.15, 0.2) is 48.8 Å². The number of phosphoric acid groups is 1. The van der Waals surface area contributed by atoms with Crippen molar-refractivity contribution < 1.29 is 28.3 Å². The molecule has 4 N–H and O–H groups in total. The number of hydrogen-bond acceptors (Lipinski definition) is 9. The van der Waals surface area contributed by atoms with Crippen LogP contribution in [0.25, 0.3) is 5.52 Å². The number of aromatic nitrogens is 3. The fourth-order valence-corrected chi connectivity index (χ4v) is 7.03. The van der Waals surface area contributed by atoms with Crippen LogP contribution in [-0.2, 0) is 25.0 Å². The molecule has 1 aliphatic rings. The second-order valence-corrected chi connectivity index (χ2v) is 14.7. The molecule has 286 valence electrons. The van der Waals surface area contributed by atoms with Crippen LogP contribution in [-0.4, -0.2) is 43.9 Å². The molecule has 51 heavy (non-hydrogen) atoms. The lowest BCUT2D eigenvalue weighted by Gasteiger charge is -2.16. The van der Waals surface area contributed by atoms with Crippen LogP contribution < -0.4 is 5.73 Å². The molecule has 4 rings (SSSR count). The standard InChI is InChI=1S/C31H55N4O5P.C7H8O.CHN/c1-2-3-4-5-6-7-8-9-10-11-12-13-14-15-16-17-18-19-24-38-41(36,37)39-25-27-20-23-30(40-27)28-21-22-29-31(32)33-26-34-35(28)29;8-6-7-4-2-1-3-5-7;1-2/h21-22,26-27,30H,2-20,23-25H2,1H3,(H,36,37)(H2,32,33,34);1-5,8H,6H2;1H. The van der Waals surface area contributed by atoms with Gasteiger partial charge in [-0.05, 0) is 37.0 Å². The zero-order valence-corrected chi connectivity index (χ0v) is 31.8. The molecular weight excluding hydrogens is 665 g/mol. The molecule has 0 amide bonds. The number of nitrogen functional groups attached to an aromatic ring is 1. The summed E-state index contributed by atoms with van der Waals surface area (Å²) in [4.78, 5) is 14.1. The molecule has 11 nitrogen and oxygen atoms in total. The Hall–Kier alpha value is -2.84. The van der Waals surface area contributed by atoms with Crippen LogP contribution in [0.5, 0.6) is 0 Å². The van der Waals surface area contributed by atoms with Gasteiger partial charge in [0.2, 0.25) is 0 Å². The molecule has 1 fully saturated rings. The van der Waals surface area contributed by atoms with E-state index in [4.69, 9.17) is 29.9 Å². The summed E-state index contributed by atoms with van der Waals surface area (Å²) in [6.07, 6.45) is 26.0. The largest absolute Gasteiger partial charge is 0.472 e. The lowest BCUT2D eigenvalue weighted by molar-refractivity contribution is 0.00485. The number of ether oxygens (including phenoxy) is 1. The highest BCUT2D eigenvalue weighted by atomic mass is 31.2. The van der Waals surface area contributed by atoms with E-state index in [9.17, 15) is 9.46 Å². The van der Waals surface area contributed by atoms with E-state index in [1.807, 2.05) is 42.5 Å². The maximum absolute atomic E-state index is 12.3. The minimum atomic E-state index is -4.09. The Morgan fingerprint density at radius 1 is 0.843 bits per heavy atom. The first-order valence-corrected chi connectivity index (χ1v) is 20.7. The quantitative estimate of drug-likeness (QED) is 0.0564. The Bertz CT molecular complexity index is 1360. The number of anilines is 1. The first-order chi connectivity index (χ1) is 24.9. The molecular formula is C39H64N5O6P. The lowest BCUT2D eigenvalue weighted by atomic mass is 10.0. The molecule has 3 heterocycles. The summed E-state index contributed by atoms with van der Waals surface area (Å²) in [6.45, 7) is 6.17. The third-order valence-electron chi connectivity index (χ3n) is 9.15. The number of nitrogens with zero attached hydrogens (tertiary/aromatic N) is 4. The number of nitriles is 1. The number of phosphoric ester groups is 1. The van der Waals surface area contributed by atoms with Crippen molar-refractivity contribution in [3.05, 3.63) is 60.0 Å².